The summed E-state index contributed by atoms with van der Waals surface area (Å²) in [5, 5.41) is 5.79. The Bertz CT molecular complexity index is 835. The fraction of sp³-hybridized carbons (Fsp3) is 0.294. The van der Waals surface area contributed by atoms with E-state index in [4.69, 9.17) is 5.10 Å². The van der Waals surface area contributed by atoms with Crippen LogP contribution in [-0.4, -0.2) is 19.3 Å². The zero-order chi connectivity index (χ0) is 15.8. The smallest absolute Gasteiger partial charge is 0.168 e. The normalized spacial score (nSPS) is 13.5. The number of benzene rings is 1. The molecule has 3 aromatic rings. The van der Waals surface area contributed by atoms with Gasteiger partial charge in [-0.05, 0) is 49.1 Å². The molecular weight excluding hydrogens is 311 g/mol. The maximum absolute atomic E-state index is 13.2. The van der Waals surface area contributed by atoms with Gasteiger partial charge in [0.05, 0.1) is 11.4 Å². The van der Waals surface area contributed by atoms with Crippen LogP contribution in [0.3, 0.4) is 0 Å². The van der Waals surface area contributed by atoms with Crippen molar-refractivity contribution in [1.82, 2.24) is 19.3 Å². The second kappa shape index (κ2) is 5.85. The zero-order valence-corrected chi connectivity index (χ0v) is 13.7. The minimum atomic E-state index is -0.219. The second-order valence-corrected chi connectivity index (χ2v) is 6.67. The molecule has 1 aliphatic rings. The maximum atomic E-state index is 13.2. The van der Waals surface area contributed by atoms with Crippen LogP contribution < -0.4 is 0 Å². The number of hydrogen-bond acceptors (Lipinski definition) is 3. The number of fused-ring (bicyclic) bond motifs is 1. The molecule has 6 heteroatoms. The lowest BCUT2D eigenvalue weighted by Crippen LogP contribution is -2.01. The van der Waals surface area contributed by atoms with Crippen molar-refractivity contribution >= 4 is 11.8 Å². The quantitative estimate of drug-likeness (QED) is 0.687. The van der Waals surface area contributed by atoms with E-state index in [1.54, 1.807) is 23.9 Å². The predicted octanol–water partition coefficient (Wildman–Crippen LogP) is 3.53. The summed E-state index contributed by atoms with van der Waals surface area (Å²) in [4.78, 5) is 4.35. The summed E-state index contributed by atoms with van der Waals surface area (Å²) in [6, 6.07) is 6.55. The first-order valence-electron chi connectivity index (χ1n) is 7.68. The van der Waals surface area contributed by atoms with Gasteiger partial charge in [0.1, 0.15) is 5.82 Å². The molecule has 0 bridgehead atoms. The molecule has 0 spiro atoms. The Kier molecular flexibility index (Phi) is 3.69. The highest BCUT2D eigenvalue weighted by atomic mass is 32.2. The number of hydrogen-bond donors (Lipinski definition) is 0. The summed E-state index contributed by atoms with van der Waals surface area (Å²) in [5.74, 6) is 0.588. The molecule has 4 nitrogen and oxygen atoms in total. The lowest BCUT2D eigenvalue weighted by molar-refractivity contribution is 0.626. The maximum Gasteiger partial charge on any atom is 0.168 e. The van der Waals surface area contributed by atoms with Gasteiger partial charge in [-0.3, -0.25) is 0 Å². The zero-order valence-electron chi connectivity index (χ0n) is 12.9. The van der Waals surface area contributed by atoms with Gasteiger partial charge in [-0.2, -0.15) is 5.10 Å². The van der Waals surface area contributed by atoms with Gasteiger partial charge in [-0.25, -0.2) is 14.1 Å². The van der Waals surface area contributed by atoms with E-state index >= 15 is 0 Å². The molecule has 0 fully saturated rings. The number of imidazole rings is 1. The third-order valence-electron chi connectivity index (χ3n) is 4.20. The summed E-state index contributed by atoms with van der Waals surface area (Å²) in [6.07, 6.45) is 7.03. The van der Waals surface area contributed by atoms with E-state index in [0.717, 1.165) is 41.6 Å². The third-order valence-corrected chi connectivity index (χ3v) is 5.27. The Balaban J connectivity index is 1.65. The van der Waals surface area contributed by atoms with Gasteiger partial charge in [-0.15, -0.1) is 0 Å². The lowest BCUT2D eigenvalue weighted by Gasteiger charge is -2.05. The Morgan fingerprint density at radius 3 is 2.78 bits per heavy atom. The van der Waals surface area contributed by atoms with Crippen LogP contribution >= 0.6 is 11.8 Å². The Morgan fingerprint density at radius 2 is 2.04 bits per heavy atom. The Hall–Kier alpha value is -2.08. The van der Waals surface area contributed by atoms with E-state index in [-0.39, 0.29) is 5.82 Å². The number of rotatable bonds is 4. The van der Waals surface area contributed by atoms with Crippen molar-refractivity contribution < 1.29 is 4.39 Å². The molecular formula is C17H17FN4S. The highest BCUT2D eigenvalue weighted by molar-refractivity contribution is 7.98. The van der Waals surface area contributed by atoms with Gasteiger partial charge < -0.3 is 4.57 Å². The van der Waals surface area contributed by atoms with Gasteiger partial charge >= 0.3 is 0 Å². The average molecular weight is 328 g/mol. The fourth-order valence-corrected chi connectivity index (χ4v) is 3.95. The molecule has 4 rings (SSSR count). The number of halogens is 1. The van der Waals surface area contributed by atoms with E-state index < -0.39 is 0 Å². The van der Waals surface area contributed by atoms with Crippen molar-refractivity contribution in [1.29, 1.82) is 0 Å². The molecule has 1 aromatic carbocycles. The van der Waals surface area contributed by atoms with Crippen LogP contribution in [0.15, 0.2) is 41.8 Å². The summed E-state index contributed by atoms with van der Waals surface area (Å²) < 4.78 is 17.2. The molecule has 0 N–H and O–H groups in total. The lowest BCUT2D eigenvalue weighted by atomic mass is 10.2. The fourth-order valence-electron chi connectivity index (χ4n) is 3.05. The van der Waals surface area contributed by atoms with Gasteiger partial charge in [0, 0.05) is 30.9 Å². The first kappa shape index (κ1) is 14.5. The van der Waals surface area contributed by atoms with Crippen LogP contribution in [0, 0.1) is 5.82 Å². The number of aryl methyl sites for hydroxylation is 1. The number of thioether (sulfide) groups is 1. The van der Waals surface area contributed by atoms with Crippen molar-refractivity contribution in [2.45, 2.75) is 30.2 Å². The van der Waals surface area contributed by atoms with Crippen LogP contribution in [-0.2, 0) is 25.6 Å². The van der Waals surface area contributed by atoms with E-state index in [1.165, 1.54) is 23.4 Å². The molecule has 1 aliphatic carbocycles. The largest absolute Gasteiger partial charge is 0.329 e. The van der Waals surface area contributed by atoms with Crippen LogP contribution in [0.2, 0.25) is 0 Å². The van der Waals surface area contributed by atoms with E-state index in [0.29, 0.717) is 0 Å². The van der Waals surface area contributed by atoms with E-state index in [1.807, 2.05) is 28.7 Å². The average Bonchev–Trinajstić information content (AvgIpc) is 3.24. The first-order chi connectivity index (χ1) is 11.2. The minimum absolute atomic E-state index is 0.219. The van der Waals surface area contributed by atoms with Crippen LogP contribution in [0.5, 0.6) is 0 Å². The minimum Gasteiger partial charge on any atom is -0.329 e. The Morgan fingerprint density at radius 1 is 1.22 bits per heavy atom. The summed E-state index contributed by atoms with van der Waals surface area (Å²) in [5.41, 5.74) is 4.68. The predicted molar refractivity (Wildman–Crippen MR) is 88.3 cm³/mol. The highest BCUT2D eigenvalue weighted by Crippen LogP contribution is 2.31. The van der Waals surface area contributed by atoms with Crippen LogP contribution in [0.25, 0.3) is 5.69 Å². The van der Waals surface area contributed by atoms with Crippen molar-refractivity contribution in [3.8, 4) is 5.69 Å². The molecule has 2 aromatic heterocycles. The second-order valence-electron chi connectivity index (χ2n) is 5.72. The van der Waals surface area contributed by atoms with Crippen molar-refractivity contribution in [3.05, 3.63) is 59.4 Å². The molecule has 0 radical (unpaired) electrons. The SMILES string of the molecule is Cn1ccnc1SCc1nn(-c2ccc(F)cc2)c2c1CCC2. The summed E-state index contributed by atoms with van der Waals surface area (Å²) >= 11 is 1.70. The molecule has 118 valence electrons. The summed E-state index contributed by atoms with van der Waals surface area (Å²) in [6.45, 7) is 0. The highest BCUT2D eigenvalue weighted by Gasteiger charge is 2.23. The van der Waals surface area contributed by atoms with Crippen molar-refractivity contribution in [2.75, 3.05) is 0 Å². The van der Waals surface area contributed by atoms with Gasteiger partial charge in [0.2, 0.25) is 0 Å². The van der Waals surface area contributed by atoms with E-state index in [9.17, 15) is 4.39 Å². The molecule has 23 heavy (non-hydrogen) atoms. The number of nitrogens with zero attached hydrogens (tertiary/aromatic N) is 4. The molecule has 0 aliphatic heterocycles. The number of aromatic nitrogens is 4. The molecule has 0 atom stereocenters. The van der Waals surface area contributed by atoms with Crippen molar-refractivity contribution in [3.63, 3.8) is 0 Å². The monoisotopic (exact) mass is 328 g/mol. The Labute approximate surface area is 138 Å². The summed E-state index contributed by atoms with van der Waals surface area (Å²) in [7, 11) is 2.00. The van der Waals surface area contributed by atoms with Crippen molar-refractivity contribution in [2.24, 2.45) is 7.05 Å². The van der Waals surface area contributed by atoms with Crippen LogP contribution in [0.1, 0.15) is 23.4 Å². The third kappa shape index (κ3) is 2.67. The van der Waals surface area contributed by atoms with Gasteiger partial charge in [0.25, 0.3) is 0 Å². The van der Waals surface area contributed by atoms with Gasteiger partial charge in [-0.1, -0.05) is 11.8 Å². The molecule has 0 unspecified atom stereocenters. The first-order valence-corrected chi connectivity index (χ1v) is 8.66. The molecule has 0 saturated heterocycles. The standard InChI is InChI=1S/C17H17FN4S/c1-21-10-9-19-17(21)23-11-15-14-3-2-4-16(14)22(20-15)13-7-5-12(18)6-8-13/h5-10H,2-4,11H2,1H3. The van der Waals surface area contributed by atoms with Gasteiger partial charge in [0.15, 0.2) is 5.16 Å². The molecule has 0 amide bonds. The molecule has 0 saturated carbocycles. The van der Waals surface area contributed by atoms with Crippen LogP contribution in [0.4, 0.5) is 4.39 Å². The topological polar surface area (TPSA) is 35.6 Å². The molecule has 2 heterocycles. The van der Waals surface area contributed by atoms with E-state index in [2.05, 4.69) is 4.98 Å².